The van der Waals surface area contributed by atoms with Gasteiger partial charge in [-0.25, -0.2) is 4.79 Å². The summed E-state index contributed by atoms with van der Waals surface area (Å²) < 4.78 is 0. The van der Waals surface area contributed by atoms with Crippen LogP contribution < -0.4 is 0 Å². The lowest BCUT2D eigenvalue weighted by atomic mass is 10.1. The molecule has 0 unspecified atom stereocenters. The van der Waals surface area contributed by atoms with Crippen molar-refractivity contribution >= 4 is 5.97 Å². The van der Waals surface area contributed by atoms with Gasteiger partial charge in [0, 0.05) is 12.3 Å². The number of rotatable bonds is 14. The molecule has 0 atom stereocenters. The van der Waals surface area contributed by atoms with Gasteiger partial charge in [0.1, 0.15) is 0 Å². The number of allylic oxidation sites excluding steroid dienone is 2. The first-order valence-corrected chi connectivity index (χ1v) is 9.14. The average Bonchev–Trinajstić information content (AvgIpc) is 2.50. The van der Waals surface area contributed by atoms with E-state index < -0.39 is 5.97 Å². The fourth-order valence-corrected chi connectivity index (χ4v) is 2.42. The molecule has 126 valence electrons. The number of carboxylic acids is 1. The highest BCUT2D eigenvalue weighted by molar-refractivity contribution is 5.86. The first-order chi connectivity index (χ1) is 10.8. The Morgan fingerprint density at radius 2 is 1.32 bits per heavy atom. The van der Waals surface area contributed by atoms with Gasteiger partial charge in [-0.15, -0.1) is 0 Å². The molecule has 0 fully saturated rings. The van der Waals surface area contributed by atoms with Crippen molar-refractivity contribution in [3.8, 4) is 11.8 Å². The Balaban J connectivity index is 3.15. The second-order valence-electron chi connectivity index (χ2n) is 5.94. The topological polar surface area (TPSA) is 37.3 Å². The number of hydrogen-bond donors (Lipinski definition) is 1. The molecular weight excluding hydrogens is 272 g/mol. The standard InChI is InChI=1S/C20H34O2/c1-2-3-4-5-6-7-8-9-10-11-12-13-14-15-16-17-18-19-20(21)22/h9-10H,2-8,11-17H2,1H3,(H,21,22). The maximum atomic E-state index is 10.2. The monoisotopic (exact) mass is 306 g/mol. The molecule has 0 bridgehead atoms. The highest BCUT2D eigenvalue weighted by Crippen LogP contribution is 2.09. The van der Waals surface area contributed by atoms with E-state index >= 15 is 0 Å². The van der Waals surface area contributed by atoms with E-state index in [4.69, 9.17) is 5.11 Å². The zero-order valence-corrected chi connectivity index (χ0v) is 14.4. The second kappa shape index (κ2) is 17.8. The molecule has 2 nitrogen and oxygen atoms in total. The van der Waals surface area contributed by atoms with Gasteiger partial charge in [-0.1, -0.05) is 76.4 Å². The van der Waals surface area contributed by atoms with Crippen molar-refractivity contribution in [2.45, 2.75) is 96.8 Å². The number of aliphatic carboxylic acids is 1. The predicted octanol–water partition coefficient (Wildman–Crippen LogP) is 6.11. The molecule has 0 heterocycles. The van der Waals surface area contributed by atoms with Crippen molar-refractivity contribution in [2.75, 3.05) is 0 Å². The Kier molecular flexibility index (Phi) is 16.8. The van der Waals surface area contributed by atoms with E-state index in [1.165, 1.54) is 70.6 Å². The van der Waals surface area contributed by atoms with Gasteiger partial charge in [0.05, 0.1) is 0 Å². The smallest absolute Gasteiger partial charge is 0.381 e. The van der Waals surface area contributed by atoms with Crippen LogP contribution in [0.2, 0.25) is 0 Å². The van der Waals surface area contributed by atoms with Crippen LogP contribution in [0.25, 0.3) is 0 Å². The van der Waals surface area contributed by atoms with Crippen molar-refractivity contribution < 1.29 is 9.90 Å². The quantitative estimate of drug-likeness (QED) is 0.239. The predicted molar refractivity (Wildman–Crippen MR) is 94.9 cm³/mol. The van der Waals surface area contributed by atoms with Crippen LogP contribution in [0.3, 0.4) is 0 Å². The Labute approximate surface area is 137 Å². The third-order valence-electron chi connectivity index (χ3n) is 3.76. The van der Waals surface area contributed by atoms with Gasteiger partial charge < -0.3 is 5.11 Å². The van der Waals surface area contributed by atoms with E-state index in [2.05, 4.69) is 30.9 Å². The lowest BCUT2D eigenvalue weighted by Crippen LogP contribution is -1.86. The Morgan fingerprint density at radius 3 is 1.86 bits per heavy atom. The summed E-state index contributed by atoms with van der Waals surface area (Å²) in [7, 11) is 0. The summed E-state index contributed by atoms with van der Waals surface area (Å²) in [5.41, 5.74) is 0. The van der Waals surface area contributed by atoms with Crippen LogP contribution in [-0.2, 0) is 4.79 Å². The molecule has 0 aliphatic heterocycles. The van der Waals surface area contributed by atoms with Gasteiger partial charge in [-0.2, -0.15) is 0 Å². The van der Waals surface area contributed by atoms with Crippen LogP contribution in [-0.4, -0.2) is 11.1 Å². The van der Waals surface area contributed by atoms with Crippen LogP contribution in [0, 0.1) is 11.8 Å². The summed E-state index contributed by atoms with van der Waals surface area (Å²) in [6, 6.07) is 0. The van der Waals surface area contributed by atoms with Crippen molar-refractivity contribution in [3.63, 3.8) is 0 Å². The molecule has 0 aromatic carbocycles. The SMILES string of the molecule is CCCCCCCCC=CCCCCCCCC#CC(=O)O. The normalized spacial score (nSPS) is 10.6. The molecule has 0 spiro atoms. The number of hydrogen-bond acceptors (Lipinski definition) is 1. The third kappa shape index (κ3) is 18.8. The highest BCUT2D eigenvalue weighted by atomic mass is 16.4. The molecule has 0 aromatic rings. The van der Waals surface area contributed by atoms with Gasteiger partial charge in [0.25, 0.3) is 0 Å². The van der Waals surface area contributed by atoms with Crippen molar-refractivity contribution in [1.82, 2.24) is 0 Å². The molecule has 0 aromatic heterocycles. The highest BCUT2D eigenvalue weighted by Gasteiger charge is 1.90. The van der Waals surface area contributed by atoms with E-state index in [-0.39, 0.29) is 0 Å². The minimum atomic E-state index is -1.02. The van der Waals surface area contributed by atoms with Gasteiger partial charge >= 0.3 is 5.97 Å². The van der Waals surface area contributed by atoms with Gasteiger partial charge in [0.15, 0.2) is 0 Å². The molecule has 22 heavy (non-hydrogen) atoms. The Hall–Kier alpha value is -1.23. The van der Waals surface area contributed by atoms with E-state index in [0.29, 0.717) is 6.42 Å². The van der Waals surface area contributed by atoms with Gasteiger partial charge in [0.2, 0.25) is 0 Å². The summed E-state index contributed by atoms with van der Waals surface area (Å²) in [4.78, 5) is 10.2. The Bertz CT molecular complexity index is 333. The molecule has 0 saturated heterocycles. The minimum Gasteiger partial charge on any atom is -0.472 e. The summed E-state index contributed by atoms with van der Waals surface area (Å²) in [5, 5.41) is 8.36. The van der Waals surface area contributed by atoms with Crippen LogP contribution >= 0.6 is 0 Å². The first-order valence-electron chi connectivity index (χ1n) is 9.14. The van der Waals surface area contributed by atoms with E-state index in [1.807, 2.05) is 0 Å². The largest absolute Gasteiger partial charge is 0.472 e. The van der Waals surface area contributed by atoms with Crippen LogP contribution in [0.4, 0.5) is 0 Å². The zero-order chi connectivity index (χ0) is 16.3. The molecule has 2 heteroatoms. The summed E-state index contributed by atoms with van der Waals surface area (Å²) in [5.74, 6) is 3.80. The van der Waals surface area contributed by atoms with E-state index in [1.54, 1.807) is 0 Å². The van der Waals surface area contributed by atoms with Crippen LogP contribution in [0.5, 0.6) is 0 Å². The molecule has 0 saturated carbocycles. The maximum absolute atomic E-state index is 10.2. The molecule has 0 aliphatic carbocycles. The average molecular weight is 306 g/mol. The molecule has 0 aliphatic rings. The van der Waals surface area contributed by atoms with E-state index in [9.17, 15) is 4.79 Å². The molecule has 0 radical (unpaired) electrons. The molecule has 0 rings (SSSR count). The van der Waals surface area contributed by atoms with Gasteiger partial charge in [-0.3, -0.25) is 0 Å². The fourth-order valence-electron chi connectivity index (χ4n) is 2.42. The summed E-state index contributed by atoms with van der Waals surface area (Å²) in [6.45, 7) is 2.26. The fraction of sp³-hybridized carbons (Fsp3) is 0.750. The molecular formula is C20H34O2. The summed E-state index contributed by atoms with van der Waals surface area (Å²) >= 11 is 0. The number of unbranched alkanes of at least 4 members (excludes halogenated alkanes) is 12. The maximum Gasteiger partial charge on any atom is 0.381 e. The van der Waals surface area contributed by atoms with Crippen LogP contribution in [0.15, 0.2) is 12.2 Å². The van der Waals surface area contributed by atoms with Gasteiger partial charge in [-0.05, 0) is 32.1 Å². The van der Waals surface area contributed by atoms with Crippen LogP contribution in [0.1, 0.15) is 96.8 Å². The lowest BCUT2D eigenvalue weighted by molar-refractivity contribution is -0.130. The zero-order valence-electron chi connectivity index (χ0n) is 14.4. The van der Waals surface area contributed by atoms with E-state index in [0.717, 1.165) is 12.8 Å². The molecule has 1 N–H and O–H groups in total. The van der Waals surface area contributed by atoms with Crippen molar-refractivity contribution in [2.24, 2.45) is 0 Å². The number of carboxylic acid groups (broad SMARTS) is 1. The van der Waals surface area contributed by atoms with Crippen molar-refractivity contribution in [3.05, 3.63) is 12.2 Å². The minimum absolute atomic E-state index is 0.713. The van der Waals surface area contributed by atoms with Crippen molar-refractivity contribution in [1.29, 1.82) is 0 Å². The Morgan fingerprint density at radius 1 is 0.818 bits per heavy atom. The molecule has 0 amide bonds. The summed E-state index contributed by atoms with van der Waals surface area (Å²) in [6.07, 6.45) is 22.1. The first kappa shape index (κ1) is 20.8. The second-order valence-corrected chi connectivity index (χ2v) is 5.94. The number of carbonyl (C=O) groups is 1. The lowest BCUT2D eigenvalue weighted by Gasteiger charge is -1.98. The third-order valence-corrected chi connectivity index (χ3v) is 3.76.